The molecular weight excluding hydrogens is 212 g/mol. The molecule has 3 nitrogen and oxygen atoms in total. The summed E-state index contributed by atoms with van der Waals surface area (Å²) in [6.07, 6.45) is 8.42. The molecule has 3 heteroatoms. The number of nitrogens with zero attached hydrogens (tertiary/aromatic N) is 2. The highest BCUT2D eigenvalue weighted by atomic mass is 16.5. The molecule has 1 aliphatic heterocycles. The lowest BCUT2D eigenvalue weighted by atomic mass is 10.1. The Balaban J connectivity index is 0.000000770. The van der Waals surface area contributed by atoms with Crippen LogP contribution in [0.5, 0.6) is 0 Å². The van der Waals surface area contributed by atoms with Crippen molar-refractivity contribution in [2.45, 2.75) is 52.4 Å². The highest BCUT2D eigenvalue weighted by molar-refractivity contribution is 4.61. The lowest BCUT2D eigenvalue weighted by Crippen LogP contribution is -2.36. The van der Waals surface area contributed by atoms with Crippen molar-refractivity contribution in [2.24, 2.45) is 0 Å². The standard InChI is InChI=1S/C12H25NO.C2H3N/c1-2-3-4-5-6-7-8-13-9-11-14-12-10-13;1-2-3/h2-12H2,1H3;1H3. The predicted octanol–water partition coefficient (Wildman–Crippen LogP) is 3.21. The van der Waals surface area contributed by atoms with Gasteiger partial charge in [0.15, 0.2) is 0 Å². The van der Waals surface area contributed by atoms with E-state index in [1.165, 1.54) is 52.0 Å². The van der Waals surface area contributed by atoms with E-state index in [1.54, 1.807) is 6.07 Å². The first kappa shape index (κ1) is 16.4. The highest BCUT2D eigenvalue weighted by Crippen LogP contribution is 2.06. The van der Waals surface area contributed by atoms with Crippen molar-refractivity contribution in [2.75, 3.05) is 32.8 Å². The Kier molecular flexibility index (Phi) is 13.0. The molecule has 0 N–H and O–H groups in total. The maximum Gasteiger partial charge on any atom is 0.0594 e. The molecule has 0 atom stereocenters. The third kappa shape index (κ3) is 11.7. The Bertz CT molecular complexity index is 183. The zero-order chi connectivity index (χ0) is 12.8. The van der Waals surface area contributed by atoms with Crippen molar-refractivity contribution < 1.29 is 4.74 Å². The molecule has 1 heterocycles. The van der Waals surface area contributed by atoms with Gasteiger partial charge in [-0.15, -0.1) is 0 Å². The maximum absolute atomic E-state index is 7.32. The quantitative estimate of drug-likeness (QED) is 0.641. The van der Waals surface area contributed by atoms with Crippen molar-refractivity contribution in [3.8, 4) is 6.07 Å². The second kappa shape index (κ2) is 13.5. The van der Waals surface area contributed by atoms with Gasteiger partial charge in [-0.25, -0.2) is 0 Å². The minimum absolute atomic E-state index is 0.940. The van der Waals surface area contributed by atoms with Gasteiger partial charge in [-0.2, -0.15) is 5.26 Å². The van der Waals surface area contributed by atoms with Crippen LogP contribution in [0.15, 0.2) is 0 Å². The number of nitriles is 1. The molecule has 0 bridgehead atoms. The zero-order valence-electron chi connectivity index (χ0n) is 11.6. The van der Waals surface area contributed by atoms with E-state index >= 15 is 0 Å². The van der Waals surface area contributed by atoms with E-state index in [4.69, 9.17) is 10.00 Å². The van der Waals surface area contributed by atoms with E-state index in [-0.39, 0.29) is 0 Å². The molecule has 0 amide bonds. The van der Waals surface area contributed by atoms with Crippen LogP contribution in [0.25, 0.3) is 0 Å². The molecule has 0 unspecified atom stereocenters. The molecule has 17 heavy (non-hydrogen) atoms. The Morgan fingerprint density at radius 3 is 2.18 bits per heavy atom. The number of ether oxygens (including phenoxy) is 1. The van der Waals surface area contributed by atoms with Crippen LogP contribution in [0.3, 0.4) is 0 Å². The van der Waals surface area contributed by atoms with Gasteiger partial charge >= 0.3 is 0 Å². The van der Waals surface area contributed by atoms with Crippen LogP contribution in [0.1, 0.15) is 52.4 Å². The van der Waals surface area contributed by atoms with Crippen LogP contribution >= 0.6 is 0 Å². The van der Waals surface area contributed by atoms with E-state index in [1.807, 2.05) is 0 Å². The van der Waals surface area contributed by atoms with Crippen LogP contribution in [-0.2, 0) is 4.74 Å². The maximum atomic E-state index is 7.32. The summed E-state index contributed by atoms with van der Waals surface area (Å²) in [6.45, 7) is 9.17. The van der Waals surface area contributed by atoms with Gasteiger partial charge in [0.2, 0.25) is 0 Å². The summed E-state index contributed by atoms with van der Waals surface area (Å²) in [5, 5.41) is 7.32. The third-order valence-electron chi connectivity index (χ3n) is 2.93. The fourth-order valence-corrected chi connectivity index (χ4v) is 1.94. The van der Waals surface area contributed by atoms with Gasteiger partial charge in [0.1, 0.15) is 0 Å². The van der Waals surface area contributed by atoms with Crippen molar-refractivity contribution in [1.82, 2.24) is 4.90 Å². The Morgan fingerprint density at radius 2 is 1.59 bits per heavy atom. The number of hydrogen-bond donors (Lipinski definition) is 0. The molecule has 1 saturated heterocycles. The molecule has 0 saturated carbocycles. The number of hydrogen-bond acceptors (Lipinski definition) is 3. The van der Waals surface area contributed by atoms with Gasteiger partial charge in [0.25, 0.3) is 0 Å². The van der Waals surface area contributed by atoms with Crippen molar-refractivity contribution in [3.63, 3.8) is 0 Å². The number of unbranched alkanes of at least 4 members (excludes halogenated alkanes) is 5. The molecule has 0 aromatic carbocycles. The fraction of sp³-hybridized carbons (Fsp3) is 0.929. The number of rotatable bonds is 7. The summed E-state index contributed by atoms with van der Waals surface area (Å²) < 4.78 is 5.32. The summed E-state index contributed by atoms with van der Waals surface area (Å²) in [7, 11) is 0. The summed E-state index contributed by atoms with van der Waals surface area (Å²) in [5.74, 6) is 0. The molecule has 100 valence electrons. The molecule has 0 aromatic heterocycles. The van der Waals surface area contributed by atoms with Gasteiger partial charge in [0.05, 0.1) is 19.3 Å². The van der Waals surface area contributed by atoms with Gasteiger partial charge in [-0.05, 0) is 13.0 Å². The van der Waals surface area contributed by atoms with Crippen LogP contribution in [0.4, 0.5) is 0 Å². The summed E-state index contributed by atoms with van der Waals surface area (Å²) >= 11 is 0. The van der Waals surface area contributed by atoms with E-state index in [0.29, 0.717) is 0 Å². The minimum atomic E-state index is 0.940. The van der Waals surface area contributed by atoms with E-state index in [2.05, 4.69) is 11.8 Å². The van der Waals surface area contributed by atoms with Crippen LogP contribution < -0.4 is 0 Å². The summed E-state index contributed by atoms with van der Waals surface area (Å²) in [4.78, 5) is 2.53. The second-order valence-corrected chi connectivity index (χ2v) is 4.45. The fourth-order valence-electron chi connectivity index (χ4n) is 1.94. The third-order valence-corrected chi connectivity index (χ3v) is 2.93. The van der Waals surface area contributed by atoms with Crippen LogP contribution in [0, 0.1) is 11.3 Å². The van der Waals surface area contributed by atoms with Crippen molar-refractivity contribution >= 4 is 0 Å². The van der Waals surface area contributed by atoms with Gasteiger partial charge in [-0.1, -0.05) is 39.0 Å². The minimum Gasteiger partial charge on any atom is -0.379 e. The van der Waals surface area contributed by atoms with E-state index < -0.39 is 0 Å². The van der Waals surface area contributed by atoms with E-state index in [0.717, 1.165) is 26.3 Å². The Labute approximate surface area is 107 Å². The average Bonchev–Trinajstić information content (AvgIpc) is 2.36. The zero-order valence-corrected chi connectivity index (χ0v) is 11.6. The Hall–Kier alpha value is -0.590. The number of morpholine rings is 1. The first-order valence-corrected chi connectivity index (χ1v) is 6.96. The molecule has 1 rings (SSSR count). The lowest BCUT2D eigenvalue weighted by molar-refractivity contribution is 0.0371. The monoisotopic (exact) mass is 240 g/mol. The topological polar surface area (TPSA) is 36.3 Å². The summed E-state index contributed by atoms with van der Waals surface area (Å²) in [6, 6.07) is 1.75. The van der Waals surface area contributed by atoms with Gasteiger partial charge < -0.3 is 4.74 Å². The van der Waals surface area contributed by atoms with Crippen LogP contribution in [-0.4, -0.2) is 37.7 Å². The molecule has 0 radical (unpaired) electrons. The largest absolute Gasteiger partial charge is 0.379 e. The Morgan fingerprint density at radius 1 is 1.06 bits per heavy atom. The normalized spacial score (nSPS) is 15.8. The van der Waals surface area contributed by atoms with Gasteiger partial charge in [-0.3, -0.25) is 4.90 Å². The molecule has 0 aromatic rings. The first-order chi connectivity index (χ1) is 8.35. The average molecular weight is 240 g/mol. The molecular formula is C14H28N2O. The summed E-state index contributed by atoms with van der Waals surface area (Å²) in [5.41, 5.74) is 0. The SMILES string of the molecule is CC#N.CCCCCCCCN1CCOCC1. The highest BCUT2D eigenvalue weighted by Gasteiger charge is 2.08. The lowest BCUT2D eigenvalue weighted by Gasteiger charge is -2.26. The first-order valence-electron chi connectivity index (χ1n) is 6.96. The molecule has 0 spiro atoms. The smallest absolute Gasteiger partial charge is 0.0594 e. The van der Waals surface area contributed by atoms with Crippen molar-refractivity contribution in [3.05, 3.63) is 0 Å². The van der Waals surface area contributed by atoms with Gasteiger partial charge in [0, 0.05) is 20.0 Å². The van der Waals surface area contributed by atoms with Crippen molar-refractivity contribution in [1.29, 1.82) is 5.26 Å². The molecule has 1 aliphatic rings. The van der Waals surface area contributed by atoms with Crippen LogP contribution in [0.2, 0.25) is 0 Å². The molecule has 1 fully saturated rings. The molecule has 0 aliphatic carbocycles. The van der Waals surface area contributed by atoms with E-state index in [9.17, 15) is 0 Å². The second-order valence-electron chi connectivity index (χ2n) is 4.45. The predicted molar refractivity (Wildman–Crippen MR) is 71.9 cm³/mol.